The first-order valence-corrected chi connectivity index (χ1v) is 6.62. The molecule has 0 spiro atoms. The number of carbonyl (C=O) groups is 1. The molecule has 1 heterocycles. The maximum Gasteiger partial charge on any atom is 0.254 e. The lowest BCUT2D eigenvalue weighted by Crippen LogP contribution is -2.21. The molecule has 0 aliphatic carbocycles. The molecule has 0 saturated heterocycles. The number of hydrogen-bond acceptors (Lipinski definition) is 3. The average Bonchev–Trinajstić information content (AvgIpc) is 2.48. The summed E-state index contributed by atoms with van der Waals surface area (Å²) in [5.41, 5.74) is 1.89. The summed E-state index contributed by atoms with van der Waals surface area (Å²) in [6, 6.07) is 13.9. The van der Waals surface area contributed by atoms with Crippen molar-refractivity contribution in [2.75, 3.05) is 26.0 Å². The first-order chi connectivity index (χ1) is 9.66. The minimum atomic E-state index is -0.0339. The molecule has 0 aliphatic heterocycles. The molecule has 2 aromatic rings. The summed E-state index contributed by atoms with van der Waals surface area (Å²) in [6.07, 6.45) is 2.55. The van der Waals surface area contributed by atoms with Crippen molar-refractivity contribution in [3.8, 4) is 0 Å². The van der Waals surface area contributed by atoms with Crippen LogP contribution in [-0.2, 0) is 6.42 Å². The zero-order valence-electron chi connectivity index (χ0n) is 11.8. The van der Waals surface area contributed by atoms with Crippen molar-refractivity contribution >= 4 is 11.7 Å². The molecule has 1 N–H and O–H groups in total. The molecule has 0 saturated carbocycles. The van der Waals surface area contributed by atoms with Crippen LogP contribution in [0.15, 0.2) is 48.7 Å². The van der Waals surface area contributed by atoms with Gasteiger partial charge in [0.2, 0.25) is 0 Å². The second-order valence-corrected chi connectivity index (χ2v) is 4.79. The van der Waals surface area contributed by atoms with Gasteiger partial charge < -0.3 is 10.2 Å². The summed E-state index contributed by atoms with van der Waals surface area (Å²) in [5.74, 6) is 0.754. The van der Waals surface area contributed by atoms with Gasteiger partial charge in [0.1, 0.15) is 5.82 Å². The Hall–Kier alpha value is -2.36. The number of rotatable bonds is 5. The van der Waals surface area contributed by atoms with E-state index in [4.69, 9.17) is 0 Å². The summed E-state index contributed by atoms with van der Waals surface area (Å²) in [6.45, 7) is 0.817. The summed E-state index contributed by atoms with van der Waals surface area (Å²) >= 11 is 0. The van der Waals surface area contributed by atoms with Gasteiger partial charge in [0.25, 0.3) is 5.91 Å². The third kappa shape index (κ3) is 3.82. The molecule has 104 valence electrons. The SMILES string of the molecule is CN(C)C(=O)c1ccc(NCCc2ccccc2)nc1. The second-order valence-electron chi connectivity index (χ2n) is 4.79. The van der Waals surface area contributed by atoms with E-state index >= 15 is 0 Å². The molecule has 1 amide bonds. The van der Waals surface area contributed by atoms with Gasteiger partial charge in [0.15, 0.2) is 0 Å². The number of amides is 1. The van der Waals surface area contributed by atoms with Crippen LogP contribution in [-0.4, -0.2) is 36.4 Å². The molecule has 0 fully saturated rings. The summed E-state index contributed by atoms with van der Waals surface area (Å²) in [7, 11) is 3.46. The number of nitrogens with one attached hydrogen (secondary N) is 1. The van der Waals surface area contributed by atoms with E-state index < -0.39 is 0 Å². The van der Waals surface area contributed by atoms with Gasteiger partial charge in [-0.15, -0.1) is 0 Å². The van der Waals surface area contributed by atoms with E-state index in [1.807, 2.05) is 24.3 Å². The highest BCUT2D eigenvalue weighted by molar-refractivity contribution is 5.93. The van der Waals surface area contributed by atoms with E-state index in [1.165, 1.54) is 5.56 Å². The summed E-state index contributed by atoms with van der Waals surface area (Å²) in [4.78, 5) is 17.5. The molecular formula is C16H19N3O. The van der Waals surface area contributed by atoms with Crippen LogP contribution in [0.25, 0.3) is 0 Å². The highest BCUT2D eigenvalue weighted by Gasteiger charge is 2.07. The minimum absolute atomic E-state index is 0.0339. The number of pyridine rings is 1. The van der Waals surface area contributed by atoms with Crippen LogP contribution in [0.5, 0.6) is 0 Å². The molecule has 2 rings (SSSR count). The van der Waals surface area contributed by atoms with Crippen LogP contribution in [0.3, 0.4) is 0 Å². The van der Waals surface area contributed by atoms with Crippen LogP contribution in [0, 0.1) is 0 Å². The zero-order valence-corrected chi connectivity index (χ0v) is 11.8. The first-order valence-electron chi connectivity index (χ1n) is 6.62. The van der Waals surface area contributed by atoms with Crippen molar-refractivity contribution in [3.05, 3.63) is 59.8 Å². The Labute approximate surface area is 119 Å². The minimum Gasteiger partial charge on any atom is -0.370 e. The third-order valence-electron chi connectivity index (χ3n) is 2.98. The van der Waals surface area contributed by atoms with E-state index in [2.05, 4.69) is 22.4 Å². The van der Waals surface area contributed by atoms with Crippen molar-refractivity contribution < 1.29 is 4.79 Å². The van der Waals surface area contributed by atoms with E-state index in [9.17, 15) is 4.79 Å². The summed E-state index contributed by atoms with van der Waals surface area (Å²) < 4.78 is 0. The first kappa shape index (κ1) is 14.1. The lowest BCUT2D eigenvalue weighted by molar-refractivity contribution is 0.0827. The van der Waals surface area contributed by atoms with Crippen LogP contribution in [0.1, 0.15) is 15.9 Å². The Morgan fingerprint density at radius 1 is 1.15 bits per heavy atom. The fourth-order valence-electron chi connectivity index (χ4n) is 1.86. The van der Waals surface area contributed by atoms with Gasteiger partial charge >= 0.3 is 0 Å². The lowest BCUT2D eigenvalue weighted by Gasteiger charge is -2.10. The maximum absolute atomic E-state index is 11.7. The second kappa shape index (κ2) is 6.70. The Balaban J connectivity index is 1.87. The van der Waals surface area contributed by atoms with Gasteiger partial charge in [-0.25, -0.2) is 4.98 Å². The Morgan fingerprint density at radius 2 is 1.90 bits per heavy atom. The molecule has 1 aromatic carbocycles. The topological polar surface area (TPSA) is 45.2 Å². The predicted molar refractivity (Wildman–Crippen MR) is 80.9 cm³/mol. The van der Waals surface area contributed by atoms with E-state index in [1.54, 1.807) is 31.3 Å². The molecular weight excluding hydrogens is 250 g/mol. The van der Waals surface area contributed by atoms with E-state index in [0.29, 0.717) is 5.56 Å². The molecule has 0 bridgehead atoms. The van der Waals surface area contributed by atoms with Gasteiger partial charge in [-0.1, -0.05) is 30.3 Å². The Kier molecular flexibility index (Phi) is 4.71. The molecule has 0 atom stereocenters. The molecule has 1 aromatic heterocycles. The van der Waals surface area contributed by atoms with Crippen LogP contribution in [0.4, 0.5) is 5.82 Å². The smallest absolute Gasteiger partial charge is 0.254 e. The van der Waals surface area contributed by atoms with E-state index in [-0.39, 0.29) is 5.91 Å². The number of anilines is 1. The molecule has 0 aliphatic rings. The van der Waals surface area contributed by atoms with Gasteiger partial charge in [-0.05, 0) is 24.1 Å². The number of carbonyl (C=O) groups excluding carboxylic acids is 1. The third-order valence-corrected chi connectivity index (χ3v) is 2.98. The fraction of sp³-hybridized carbons (Fsp3) is 0.250. The van der Waals surface area contributed by atoms with Crippen molar-refractivity contribution in [1.29, 1.82) is 0 Å². The number of nitrogens with zero attached hydrogens (tertiary/aromatic N) is 2. The Morgan fingerprint density at radius 3 is 2.50 bits per heavy atom. The standard InChI is InChI=1S/C16H19N3O/c1-19(2)16(20)14-8-9-15(18-12-14)17-11-10-13-6-4-3-5-7-13/h3-9,12H,10-11H2,1-2H3,(H,17,18). The van der Waals surface area contributed by atoms with Gasteiger partial charge in [0, 0.05) is 26.8 Å². The zero-order chi connectivity index (χ0) is 14.4. The fourth-order valence-corrected chi connectivity index (χ4v) is 1.86. The Bertz CT molecular complexity index is 550. The predicted octanol–water partition coefficient (Wildman–Crippen LogP) is 2.44. The van der Waals surface area contributed by atoms with Gasteiger partial charge in [-0.2, -0.15) is 0 Å². The number of hydrogen-bond donors (Lipinski definition) is 1. The maximum atomic E-state index is 11.7. The molecule has 0 radical (unpaired) electrons. The molecule has 20 heavy (non-hydrogen) atoms. The van der Waals surface area contributed by atoms with Crippen LogP contribution >= 0.6 is 0 Å². The van der Waals surface area contributed by atoms with Crippen molar-refractivity contribution in [2.45, 2.75) is 6.42 Å². The monoisotopic (exact) mass is 269 g/mol. The largest absolute Gasteiger partial charge is 0.370 e. The summed E-state index contributed by atoms with van der Waals surface area (Å²) in [5, 5.41) is 3.25. The molecule has 4 heteroatoms. The van der Waals surface area contributed by atoms with Gasteiger partial charge in [-0.3, -0.25) is 4.79 Å². The van der Waals surface area contributed by atoms with Crippen molar-refractivity contribution in [1.82, 2.24) is 9.88 Å². The lowest BCUT2D eigenvalue weighted by atomic mass is 10.1. The van der Waals surface area contributed by atoms with Crippen molar-refractivity contribution in [3.63, 3.8) is 0 Å². The highest BCUT2D eigenvalue weighted by Crippen LogP contribution is 2.07. The van der Waals surface area contributed by atoms with Crippen LogP contribution in [0.2, 0.25) is 0 Å². The normalized spacial score (nSPS) is 10.1. The van der Waals surface area contributed by atoms with Gasteiger partial charge in [0.05, 0.1) is 5.56 Å². The van der Waals surface area contributed by atoms with E-state index in [0.717, 1.165) is 18.8 Å². The molecule has 0 unspecified atom stereocenters. The quantitative estimate of drug-likeness (QED) is 0.906. The highest BCUT2D eigenvalue weighted by atomic mass is 16.2. The number of aromatic nitrogens is 1. The van der Waals surface area contributed by atoms with Crippen LogP contribution < -0.4 is 5.32 Å². The molecule has 4 nitrogen and oxygen atoms in total. The van der Waals surface area contributed by atoms with Crippen molar-refractivity contribution in [2.24, 2.45) is 0 Å². The number of benzene rings is 1. The average molecular weight is 269 g/mol.